The van der Waals surface area contributed by atoms with Crippen LogP contribution >= 0.6 is 23.2 Å². The van der Waals surface area contributed by atoms with E-state index >= 15 is 0 Å². The van der Waals surface area contributed by atoms with Crippen molar-refractivity contribution in [2.75, 3.05) is 32.5 Å². The van der Waals surface area contributed by atoms with Gasteiger partial charge in [0.2, 0.25) is 0 Å². The molecule has 0 fully saturated rings. The number of rotatable bonds is 6. The van der Waals surface area contributed by atoms with Crippen LogP contribution in [-0.2, 0) is 0 Å². The Morgan fingerprint density at radius 2 is 1.76 bits per heavy atom. The van der Waals surface area contributed by atoms with E-state index in [1.165, 1.54) is 6.07 Å². The van der Waals surface area contributed by atoms with Crippen LogP contribution in [0.15, 0.2) is 36.4 Å². The molecule has 1 heterocycles. The molecule has 132 valence electrons. The molecule has 1 aromatic heterocycles. The van der Waals surface area contributed by atoms with E-state index in [-0.39, 0.29) is 17.3 Å². The van der Waals surface area contributed by atoms with Crippen molar-refractivity contribution in [2.45, 2.75) is 0 Å². The summed E-state index contributed by atoms with van der Waals surface area (Å²) in [4.78, 5) is 30.5. The highest BCUT2D eigenvalue weighted by atomic mass is 35.5. The van der Waals surface area contributed by atoms with Crippen molar-refractivity contribution in [3.8, 4) is 0 Å². The third kappa shape index (κ3) is 5.70. The van der Waals surface area contributed by atoms with Crippen LogP contribution < -0.4 is 10.6 Å². The number of aromatic nitrogens is 1. The zero-order valence-electron chi connectivity index (χ0n) is 13.8. The first-order valence-electron chi connectivity index (χ1n) is 7.53. The molecule has 6 nitrogen and oxygen atoms in total. The van der Waals surface area contributed by atoms with Crippen LogP contribution in [0.4, 0.5) is 5.69 Å². The second-order valence-electron chi connectivity index (χ2n) is 5.55. The van der Waals surface area contributed by atoms with Gasteiger partial charge < -0.3 is 15.5 Å². The van der Waals surface area contributed by atoms with E-state index in [0.717, 1.165) is 0 Å². The molecule has 0 unspecified atom stereocenters. The van der Waals surface area contributed by atoms with Crippen LogP contribution in [0, 0.1) is 0 Å². The van der Waals surface area contributed by atoms with E-state index in [9.17, 15) is 9.59 Å². The van der Waals surface area contributed by atoms with Gasteiger partial charge in [0.25, 0.3) is 11.8 Å². The number of carbonyl (C=O) groups is 2. The van der Waals surface area contributed by atoms with Crippen molar-refractivity contribution in [1.82, 2.24) is 15.2 Å². The Morgan fingerprint density at radius 1 is 1.08 bits per heavy atom. The van der Waals surface area contributed by atoms with Crippen molar-refractivity contribution < 1.29 is 9.59 Å². The van der Waals surface area contributed by atoms with Crippen LogP contribution in [0.5, 0.6) is 0 Å². The minimum Gasteiger partial charge on any atom is -0.349 e. The first-order valence-corrected chi connectivity index (χ1v) is 8.29. The zero-order chi connectivity index (χ0) is 18.4. The largest absolute Gasteiger partial charge is 0.349 e. The van der Waals surface area contributed by atoms with Gasteiger partial charge in [-0.25, -0.2) is 4.98 Å². The number of hydrogen-bond donors (Lipinski definition) is 2. The predicted molar refractivity (Wildman–Crippen MR) is 99.5 cm³/mol. The van der Waals surface area contributed by atoms with E-state index in [0.29, 0.717) is 28.8 Å². The maximum Gasteiger partial charge on any atom is 0.274 e. The molecule has 0 aliphatic carbocycles. The lowest BCUT2D eigenvalue weighted by molar-refractivity contribution is 0.0946. The van der Waals surface area contributed by atoms with E-state index in [1.54, 1.807) is 30.3 Å². The normalized spacial score (nSPS) is 10.6. The van der Waals surface area contributed by atoms with Crippen molar-refractivity contribution in [3.63, 3.8) is 0 Å². The van der Waals surface area contributed by atoms with Crippen molar-refractivity contribution >= 4 is 40.7 Å². The second-order valence-corrected chi connectivity index (χ2v) is 6.39. The van der Waals surface area contributed by atoms with E-state index in [4.69, 9.17) is 23.2 Å². The lowest BCUT2D eigenvalue weighted by Crippen LogP contribution is -2.32. The van der Waals surface area contributed by atoms with E-state index < -0.39 is 5.91 Å². The first kappa shape index (κ1) is 19.2. The Kier molecular flexibility index (Phi) is 6.75. The molecular weight excluding hydrogens is 363 g/mol. The molecule has 0 radical (unpaired) electrons. The molecular formula is C17H18Cl2N4O2. The maximum absolute atomic E-state index is 12.3. The second kappa shape index (κ2) is 8.80. The zero-order valence-corrected chi connectivity index (χ0v) is 15.4. The third-order valence-electron chi connectivity index (χ3n) is 3.24. The van der Waals surface area contributed by atoms with Gasteiger partial charge >= 0.3 is 0 Å². The molecule has 8 heteroatoms. The molecule has 0 aliphatic rings. The summed E-state index contributed by atoms with van der Waals surface area (Å²) in [5, 5.41) is 6.19. The number of nitrogens with one attached hydrogen (secondary N) is 2. The summed E-state index contributed by atoms with van der Waals surface area (Å²) in [6, 6.07) is 9.42. The van der Waals surface area contributed by atoms with Crippen molar-refractivity contribution in [3.05, 3.63) is 57.8 Å². The van der Waals surface area contributed by atoms with Crippen LogP contribution in [0.3, 0.4) is 0 Å². The minimum absolute atomic E-state index is 0.108. The summed E-state index contributed by atoms with van der Waals surface area (Å²) < 4.78 is 0. The van der Waals surface area contributed by atoms with Gasteiger partial charge in [-0.05, 0) is 44.4 Å². The Labute approximate surface area is 156 Å². The number of carbonyl (C=O) groups excluding carboxylic acids is 2. The number of amides is 2. The summed E-state index contributed by atoms with van der Waals surface area (Å²) >= 11 is 11.9. The minimum atomic E-state index is -0.480. The average Bonchev–Trinajstić information content (AvgIpc) is 2.57. The van der Waals surface area contributed by atoms with Gasteiger partial charge in [0.15, 0.2) is 0 Å². The number of benzene rings is 1. The molecule has 25 heavy (non-hydrogen) atoms. The highest BCUT2D eigenvalue weighted by Gasteiger charge is 2.13. The van der Waals surface area contributed by atoms with E-state index in [1.807, 2.05) is 19.0 Å². The Balaban J connectivity index is 2.08. The molecule has 1 aromatic carbocycles. The first-order chi connectivity index (χ1) is 11.9. The molecule has 2 amide bonds. The lowest BCUT2D eigenvalue weighted by atomic mass is 10.2. The third-order valence-corrected chi connectivity index (χ3v) is 3.80. The fourth-order valence-electron chi connectivity index (χ4n) is 1.95. The number of pyridine rings is 1. The molecule has 0 bridgehead atoms. The van der Waals surface area contributed by atoms with Gasteiger partial charge in [0.05, 0.1) is 10.7 Å². The van der Waals surface area contributed by atoms with Gasteiger partial charge in [0.1, 0.15) is 11.4 Å². The lowest BCUT2D eigenvalue weighted by Gasteiger charge is -2.11. The van der Waals surface area contributed by atoms with Crippen LogP contribution in [-0.4, -0.2) is 48.9 Å². The Morgan fingerprint density at radius 3 is 2.44 bits per heavy atom. The Hall–Kier alpha value is -2.15. The van der Waals surface area contributed by atoms with Gasteiger partial charge in [0, 0.05) is 18.1 Å². The highest BCUT2D eigenvalue weighted by Crippen LogP contribution is 2.25. The smallest absolute Gasteiger partial charge is 0.274 e. The fraction of sp³-hybridized carbons (Fsp3) is 0.235. The van der Waals surface area contributed by atoms with Crippen LogP contribution in [0.25, 0.3) is 0 Å². The summed E-state index contributed by atoms with van der Waals surface area (Å²) in [6.45, 7) is 1.20. The SMILES string of the molecule is CN(C)CCNC(=O)c1cccc(C(=O)Nc2cc(Cl)ccc2Cl)n1. The maximum atomic E-state index is 12.3. The summed E-state index contributed by atoms with van der Waals surface area (Å²) in [7, 11) is 3.83. The van der Waals surface area contributed by atoms with Crippen molar-refractivity contribution in [2.24, 2.45) is 0 Å². The van der Waals surface area contributed by atoms with Gasteiger partial charge in [-0.2, -0.15) is 0 Å². The number of anilines is 1. The van der Waals surface area contributed by atoms with Crippen molar-refractivity contribution in [1.29, 1.82) is 0 Å². The van der Waals surface area contributed by atoms with Crippen LogP contribution in [0.2, 0.25) is 10.0 Å². The van der Waals surface area contributed by atoms with E-state index in [2.05, 4.69) is 15.6 Å². The molecule has 0 saturated carbocycles. The molecule has 2 N–H and O–H groups in total. The molecule has 2 aromatic rings. The van der Waals surface area contributed by atoms with Gasteiger partial charge in [-0.15, -0.1) is 0 Å². The monoisotopic (exact) mass is 380 g/mol. The molecule has 0 aliphatic heterocycles. The van der Waals surface area contributed by atoms with Gasteiger partial charge in [-0.3, -0.25) is 9.59 Å². The average molecular weight is 381 g/mol. The standard InChI is InChI=1S/C17H18Cl2N4O2/c1-23(2)9-8-20-16(24)13-4-3-5-14(21-13)17(25)22-15-10-11(18)6-7-12(15)19/h3-7,10H,8-9H2,1-2H3,(H,20,24)(H,22,25). The number of hydrogen-bond acceptors (Lipinski definition) is 4. The molecule has 0 atom stereocenters. The summed E-state index contributed by atoms with van der Waals surface area (Å²) in [6.07, 6.45) is 0. The Bertz CT molecular complexity index is 781. The molecule has 0 spiro atoms. The van der Waals surface area contributed by atoms with Gasteiger partial charge in [-0.1, -0.05) is 29.3 Å². The predicted octanol–water partition coefficient (Wildman–Crippen LogP) is 2.93. The molecule has 2 rings (SSSR count). The molecule has 0 saturated heterocycles. The number of likely N-dealkylation sites (N-methyl/N-ethyl adjacent to an activating group) is 1. The van der Waals surface area contributed by atoms with Crippen LogP contribution in [0.1, 0.15) is 21.0 Å². The number of halogens is 2. The summed E-state index contributed by atoms with van der Waals surface area (Å²) in [5.74, 6) is -0.815. The highest BCUT2D eigenvalue weighted by molar-refractivity contribution is 6.35. The number of nitrogens with zero attached hydrogens (tertiary/aromatic N) is 2. The quantitative estimate of drug-likeness (QED) is 0.807. The topological polar surface area (TPSA) is 74.3 Å². The summed E-state index contributed by atoms with van der Waals surface area (Å²) in [5.41, 5.74) is 0.654. The fourth-order valence-corrected chi connectivity index (χ4v) is 2.29.